The molecule has 1 spiro atoms. The van der Waals surface area contributed by atoms with Crippen LogP contribution in [0.4, 0.5) is 0 Å². The molecule has 0 radical (unpaired) electrons. The number of thioether (sulfide) groups is 1. The number of nitrogens with two attached hydrogens (primary N) is 1. The number of hydrogen-bond acceptors (Lipinski definition) is 3. The Morgan fingerprint density at radius 3 is 2.86 bits per heavy atom. The van der Waals surface area contributed by atoms with Crippen LogP contribution in [0.5, 0.6) is 0 Å². The molecule has 2 atom stereocenters. The minimum Gasteiger partial charge on any atom is -0.375 e. The van der Waals surface area contributed by atoms with Gasteiger partial charge in [-0.3, -0.25) is 0 Å². The van der Waals surface area contributed by atoms with Gasteiger partial charge in [0.05, 0.1) is 10.6 Å². The normalized spacial score (nSPS) is 26.7. The van der Waals surface area contributed by atoms with Gasteiger partial charge < -0.3 is 10.5 Å². The van der Waals surface area contributed by atoms with E-state index in [1.54, 1.807) is 0 Å². The van der Waals surface area contributed by atoms with Crippen molar-refractivity contribution in [1.82, 2.24) is 0 Å². The Kier molecular flexibility index (Phi) is 5.42. The molecule has 5 heteroatoms. The van der Waals surface area contributed by atoms with E-state index in [0.717, 1.165) is 33.6 Å². The fraction of sp³-hybridized carbons (Fsp3) is 0.625. The van der Waals surface area contributed by atoms with Gasteiger partial charge in [-0.15, -0.1) is 0 Å². The van der Waals surface area contributed by atoms with Gasteiger partial charge in [-0.2, -0.15) is 11.8 Å². The number of ether oxygens (including phenoxy) is 1. The zero-order valence-electron chi connectivity index (χ0n) is 12.0. The first kappa shape index (κ1) is 16.4. The Hall–Kier alpha value is 0.510. The summed E-state index contributed by atoms with van der Waals surface area (Å²) in [5, 5.41) is 0.805. The molecule has 2 aliphatic heterocycles. The highest BCUT2D eigenvalue weighted by atomic mass is 127. The Labute approximate surface area is 149 Å². The minimum atomic E-state index is 0.0647. The monoisotopic (exact) mass is 437 g/mol. The van der Waals surface area contributed by atoms with Crippen LogP contribution < -0.4 is 5.73 Å². The van der Waals surface area contributed by atoms with Gasteiger partial charge in [-0.05, 0) is 83.4 Å². The van der Waals surface area contributed by atoms with E-state index in [2.05, 4.69) is 34.7 Å². The van der Waals surface area contributed by atoms with Crippen LogP contribution in [0.1, 0.15) is 37.3 Å². The summed E-state index contributed by atoms with van der Waals surface area (Å²) < 4.78 is 7.25. The highest BCUT2D eigenvalue weighted by Crippen LogP contribution is 2.43. The molecule has 2 aliphatic rings. The van der Waals surface area contributed by atoms with Crippen molar-refractivity contribution in [2.24, 2.45) is 11.7 Å². The maximum absolute atomic E-state index is 6.56. The first-order valence-electron chi connectivity index (χ1n) is 7.52. The summed E-state index contributed by atoms with van der Waals surface area (Å²) in [5.41, 5.74) is 7.81. The molecule has 0 bridgehead atoms. The molecule has 2 fully saturated rings. The smallest absolute Gasteiger partial charge is 0.0701 e. The molecule has 0 aromatic heterocycles. The van der Waals surface area contributed by atoms with Crippen LogP contribution in [0.15, 0.2) is 18.2 Å². The zero-order valence-corrected chi connectivity index (χ0v) is 15.7. The predicted molar refractivity (Wildman–Crippen MR) is 99.1 cm³/mol. The number of rotatable bonds is 2. The summed E-state index contributed by atoms with van der Waals surface area (Å²) in [4.78, 5) is 0. The van der Waals surface area contributed by atoms with Gasteiger partial charge in [0.2, 0.25) is 0 Å². The van der Waals surface area contributed by atoms with Crippen LogP contribution in [-0.4, -0.2) is 23.7 Å². The van der Waals surface area contributed by atoms with Crippen molar-refractivity contribution >= 4 is 46.0 Å². The standard InChI is InChI=1S/C16H21ClINOS/c17-13-9-11(1-2-14(13)18)15(19)12-3-6-20-16(10-12)4-7-21-8-5-16/h1-2,9,12,15H,3-8,10,19H2. The molecule has 2 nitrogen and oxygen atoms in total. The Balaban J connectivity index is 1.74. The fourth-order valence-corrected chi connectivity index (χ4v) is 5.22. The summed E-state index contributed by atoms with van der Waals surface area (Å²) in [5.74, 6) is 2.94. The lowest BCUT2D eigenvalue weighted by Gasteiger charge is -2.44. The number of hydrogen-bond donors (Lipinski definition) is 1. The van der Waals surface area contributed by atoms with Crippen molar-refractivity contribution in [3.63, 3.8) is 0 Å². The molecule has 116 valence electrons. The van der Waals surface area contributed by atoms with Crippen molar-refractivity contribution in [2.45, 2.75) is 37.3 Å². The van der Waals surface area contributed by atoms with E-state index in [4.69, 9.17) is 22.1 Å². The number of halogens is 2. The van der Waals surface area contributed by atoms with Crippen LogP contribution in [-0.2, 0) is 4.74 Å². The first-order valence-corrected chi connectivity index (χ1v) is 10.1. The van der Waals surface area contributed by atoms with E-state index in [-0.39, 0.29) is 11.6 Å². The van der Waals surface area contributed by atoms with Crippen LogP contribution in [0, 0.1) is 9.49 Å². The van der Waals surface area contributed by atoms with Crippen molar-refractivity contribution in [2.75, 3.05) is 18.1 Å². The zero-order chi connectivity index (χ0) is 14.9. The third kappa shape index (κ3) is 3.71. The van der Waals surface area contributed by atoms with E-state index in [1.165, 1.54) is 24.3 Å². The highest BCUT2D eigenvalue weighted by Gasteiger charge is 2.40. The van der Waals surface area contributed by atoms with Gasteiger partial charge in [0, 0.05) is 16.2 Å². The van der Waals surface area contributed by atoms with Gasteiger partial charge in [0.15, 0.2) is 0 Å². The quantitative estimate of drug-likeness (QED) is 0.685. The maximum Gasteiger partial charge on any atom is 0.0701 e. The van der Waals surface area contributed by atoms with Gasteiger partial charge in [0.1, 0.15) is 0 Å². The molecule has 1 aromatic carbocycles. The van der Waals surface area contributed by atoms with E-state index < -0.39 is 0 Å². The molecule has 2 saturated heterocycles. The second-order valence-corrected chi connectivity index (χ2v) is 8.89. The van der Waals surface area contributed by atoms with Crippen molar-refractivity contribution in [3.8, 4) is 0 Å². The lowest BCUT2D eigenvalue weighted by molar-refractivity contribution is -0.105. The van der Waals surface area contributed by atoms with Gasteiger partial charge in [0.25, 0.3) is 0 Å². The topological polar surface area (TPSA) is 35.2 Å². The van der Waals surface area contributed by atoms with Crippen LogP contribution >= 0.6 is 46.0 Å². The summed E-state index contributed by atoms with van der Waals surface area (Å²) >= 11 is 10.5. The summed E-state index contributed by atoms with van der Waals surface area (Å²) in [6.45, 7) is 0.848. The molecule has 0 aliphatic carbocycles. The Morgan fingerprint density at radius 1 is 1.38 bits per heavy atom. The summed E-state index contributed by atoms with van der Waals surface area (Å²) in [7, 11) is 0. The Bertz CT molecular complexity index is 502. The first-order chi connectivity index (χ1) is 10.1. The minimum absolute atomic E-state index is 0.0647. The summed E-state index contributed by atoms with van der Waals surface area (Å²) in [6.07, 6.45) is 4.50. The molecule has 2 N–H and O–H groups in total. The molecule has 3 rings (SSSR count). The predicted octanol–water partition coefficient (Wildman–Crippen LogP) is 4.64. The van der Waals surface area contributed by atoms with Crippen LogP contribution in [0.3, 0.4) is 0 Å². The van der Waals surface area contributed by atoms with E-state index >= 15 is 0 Å². The van der Waals surface area contributed by atoms with Crippen molar-refractivity contribution in [1.29, 1.82) is 0 Å². The molecule has 21 heavy (non-hydrogen) atoms. The maximum atomic E-state index is 6.56. The van der Waals surface area contributed by atoms with Crippen molar-refractivity contribution in [3.05, 3.63) is 32.4 Å². The van der Waals surface area contributed by atoms with Gasteiger partial charge in [-0.1, -0.05) is 17.7 Å². The number of benzene rings is 1. The van der Waals surface area contributed by atoms with E-state index in [0.29, 0.717) is 5.92 Å². The van der Waals surface area contributed by atoms with E-state index in [9.17, 15) is 0 Å². The molecular formula is C16H21ClINOS. The molecule has 0 amide bonds. The molecule has 1 aromatic rings. The lowest BCUT2D eigenvalue weighted by Crippen LogP contribution is -2.45. The lowest BCUT2D eigenvalue weighted by atomic mass is 9.77. The van der Waals surface area contributed by atoms with Gasteiger partial charge >= 0.3 is 0 Å². The SMILES string of the molecule is NC(c1ccc(I)c(Cl)c1)C1CCOC2(CCSCC2)C1. The Morgan fingerprint density at radius 2 is 2.14 bits per heavy atom. The third-order valence-electron chi connectivity index (χ3n) is 4.77. The van der Waals surface area contributed by atoms with E-state index in [1.807, 2.05) is 17.8 Å². The second kappa shape index (κ2) is 6.95. The van der Waals surface area contributed by atoms with Crippen LogP contribution in [0.25, 0.3) is 0 Å². The molecule has 2 heterocycles. The van der Waals surface area contributed by atoms with Crippen molar-refractivity contribution < 1.29 is 4.74 Å². The third-order valence-corrected chi connectivity index (χ3v) is 7.33. The molecule has 2 unspecified atom stereocenters. The fourth-order valence-electron chi connectivity index (χ4n) is 3.46. The summed E-state index contributed by atoms with van der Waals surface area (Å²) in [6, 6.07) is 6.28. The largest absolute Gasteiger partial charge is 0.375 e. The molecule has 0 saturated carbocycles. The average Bonchev–Trinajstić information content (AvgIpc) is 2.50. The molecular weight excluding hydrogens is 417 g/mol. The highest BCUT2D eigenvalue weighted by molar-refractivity contribution is 14.1. The van der Waals surface area contributed by atoms with Crippen LogP contribution in [0.2, 0.25) is 5.02 Å². The second-order valence-electron chi connectivity index (χ2n) is 6.10. The van der Waals surface area contributed by atoms with Gasteiger partial charge in [-0.25, -0.2) is 0 Å². The average molecular weight is 438 g/mol.